The van der Waals surface area contributed by atoms with E-state index in [0.717, 1.165) is 25.0 Å². The second-order valence-corrected chi connectivity index (χ2v) is 6.11. The fourth-order valence-electron chi connectivity index (χ4n) is 4.35. The molecule has 16 heavy (non-hydrogen) atoms. The first-order valence-corrected chi connectivity index (χ1v) is 7.19. The van der Waals surface area contributed by atoms with E-state index in [1.807, 2.05) is 0 Å². The van der Waals surface area contributed by atoms with Gasteiger partial charge in [-0.1, -0.05) is 32.1 Å². The van der Waals surface area contributed by atoms with E-state index in [0.29, 0.717) is 5.41 Å². The lowest BCUT2D eigenvalue weighted by molar-refractivity contribution is -0.0155. The maximum absolute atomic E-state index is 5.56. The molecule has 0 radical (unpaired) electrons. The second kappa shape index (κ2) is 4.66. The number of hydrogen-bond donors (Lipinski definition) is 1. The molecule has 0 aromatic heterocycles. The fourth-order valence-corrected chi connectivity index (χ4v) is 4.35. The standard InChI is InChI=1S/C14H25NO/c1-2-4-12(5-3-1)13-10-15-11-14(13)6-8-16-9-7-14/h12-13,15H,1-11H2. The van der Waals surface area contributed by atoms with Gasteiger partial charge in [0.15, 0.2) is 0 Å². The van der Waals surface area contributed by atoms with Gasteiger partial charge in [-0.05, 0) is 36.6 Å². The van der Waals surface area contributed by atoms with Gasteiger partial charge in [0.05, 0.1) is 0 Å². The number of rotatable bonds is 1. The van der Waals surface area contributed by atoms with Gasteiger partial charge in [-0.15, -0.1) is 0 Å². The summed E-state index contributed by atoms with van der Waals surface area (Å²) in [6, 6.07) is 0. The van der Waals surface area contributed by atoms with Crippen LogP contribution in [0, 0.1) is 17.3 Å². The molecule has 2 nitrogen and oxygen atoms in total. The molecule has 2 heteroatoms. The van der Waals surface area contributed by atoms with Crippen LogP contribution in [0.15, 0.2) is 0 Å². The fraction of sp³-hybridized carbons (Fsp3) is 1.00. The van der Waals surface area contributed by atoms with Gasteiger partial charge in [-0.25, -0.2) is 0 Å². The zero-order valence-corrected chi connectivity index (χ0v) is 10.3. The zero-order valence-electron chi connectivity index (χ0n) is 10.3. The van der Waals surface area contributed by atoms with Crippen molar-refractivity contribution < 1.29 is 4.74 Å². The minimum absolute atomic E-state index is 0.611. The predicted octanol–water partition coefficient (Wildman–Crippen LogP) is 2.58. The summed E-state index contributed by atoms with van der Waals surface area (Å²) in [4.78, 5) is 0. The van der Waals surface area contributed by atoms with Crippen LogP contribution in [0.2, 0.25) is 0 Å². The Hall–Kier alpha value is -0.0800. The summed E-state index contributed by atoms with van der Waals surface area (Å²) in [5.41, 5.74) is 0.611. The Morgan fingerprint density at radius 2 is 1.75 bits per heavy atom. The van der Waals surface area contributed by atoms with Crippen molar-refractivity contribution in [2.45, 2.75) is 44.9 Å². The highest BCUT2D eigenvalue weighted by molar-refractivity contribution is 4.99. The van der Waals surface area contributed by atoms with E-state index in [-0.39, 0.29) is 0 Å². The van der Waals surface area contributed by atoms with E-state index in [2.05, 4.69) is 5.32 Å². The molecule has 0 aromatic rings. The lowest BCUT2D eigenvalue weighted by atomic mass is 9.64. The van der Waals surface area contributed by atoms with Crippen LogP contribution in [0.1, 0.15) is 44.9 Å². The minimum atomic E-state index is 0.611. The third-order valence-corrected chi connectivity index (χ3v) is 5.34. The Morgan fingerprint density at radius 3 is 2.50 bits per heavy atom. The maximum Gasteiger partial charge on any atom is 0.0471 e. The molecule has 2 saturated heterocycles. The summed E-state index contributed by atoms with van der Waals surface area (Å²) in [5, 5.41) is 3.67. The predicted molar refractivity (Wildman–Crippen MR) is 65.4 cm³/mol. The molecule has 1 unspecified atom stereocenters. The largest absolute Gasteiger partial charge is 0.381 e. The minimum Gasteiger partial charge on any atom is -0.381 e. The molecular formula is C14H25NO. The average Bonchev–Trinajstić information content (AvgIpc) is 2.75. The van der Waals surface area contributed by atoms with Crippen LogP contribution < -0.4 is 5.32 Å². The second-order valence-electron chi connectivity index (χ2n) is 6.11. The van der Waals surface area contributed by atoms with Crippen LogP contribution in [-0.4, -0.2) is 26.3 Å². The van der Waals surface area contributed by atoms with Crippen molar-refractivity contribution in [1.82, 2.24) is 5.32 Å². The summed E-state index contributed by atoms with van der Waals surface area (Å²) in [5.74, 6) is 1.97. The van der Waals surface area contributed by atoms with E-state index in [9.17, 15) is 0 Å². The Balaban J connectivity index is 1.71. The lowest BCUT2D eigenvalue weighted by Gasteiger charge is -2.42. The first-order chi connectivity index (χ1) is 7.91. The van der Waals surface area contributed by atoms with Crippen molar-refractivity contribution in [2.75, 3.05) is 26.3 Å². The van der Waals surface area contributed by atoms with Gasteiger partial charge in [0.25, 0.3) is 0 Å². The maximum atomic E-state index is 5.56. The lowest BCUT2D eigenvalue weighted by Crippen LogP contribution is -2.40. The topological polar surface area (TPSA) is 21.3 Å². The third-order valence-electron chi connectivity index (χ3n) is 5.34. The molecule has 0 amide bonds. The molecular weight excluding hydrogens is 198 g/mol. The molecule has 3 aliphatic rings. The van der Waals surface area contributed by atoms with Crippen molar-refractivity contribution in [3.8, 4) is 0 Å². The average molecular weight is 223 g/mol. The number of nitrogens with one attached hydrogen (secondary N) is 1. The van der Waals surface area contributed by atoms with Gasteiger partial charge in [0, 0.05) is 19.8 Å². The van der Waals surface area contributed by atoms with Crippen molar-refractivity contribution >= 4 is 0 Å². The Bertz CT molecular complexity index is 229. The quantitative estimate of drug-likeness (QED) is 0.738. The van der Waals surface area contributed by atoms with Gasteiger partial charge in [-0.2, -0.15) is 0 Å². The summed E-state index contributed by atoms with van der Waals surface area (Å²) < 4.78 is 5.56. The first kappa shape index (κ1) is 11.0. The first-order valence-electron chi connectivity index (χ1n) is 7.19. The van der Waals surface area contributed by atoms with Gasteiger partial charge < -0.3 is 10.1 Å². The molecule has 0 bridgehead atoms. The van der Waals surface area contributed by atoms with E-state index < -0.39 is 0 Å². The van der Waals surface area contributed by atoms with Crippen LogP contribution in [0.3, 0.4) is 0 Å². The summed E-state index contributed by atoms with van der Waals surface area (Å²) in [6.07, 6.45) is 10.0. The molecule has 1 aliphatic carbocycles. The van der Waals surface area contributed by atoms with Gasteiger partial charge in [-0.3, -0.25) is 0 Å². The van der Waals surface area contributed by atoms with E-state index in [4.69, 9.17) is 4.74 Å². The Labute approximate surface area is 99.1 Å². The molecule has 1 atom stereocenters. The van der Waals surface area contributed by atoms with Crippen LogP contribution in [0.25, 0.3) is 0 Å². The van der Waals surface area contributed by atoms with Crippen LogP contribution >= 0.6 is 0 Å². The molecule has 0 aromatic carbocycles. The summed E-state index contributed by atoms with van der Waals surface area (Å²) >= 11 is 0. The Morgan fingerprint density at radius 1 is 1.00 bits per heavy atom. The molecule has 3 fully saturated rings. The van der Waals surface area contributed by atoms with Crippen molar-refractivity contribution in [2.24, 2.45) is 17.3 Å². The summed E-state index contributed by atoms with van der Waals surface area (Å²) in [6.45, 7) is 4.55. The molecule has 1 spiro atoms. The molecule has 3 rings (SSSR count). The highest BCUT2D eigenvalue weighted by atomic mass is 16.5. The SMILES string of the molecule is C1CCC(C2CNCC23CCOCC3)CC1. The smallest absolute Gasteiger partial charge is 0.0471 e. The number of ether oxygens (including phenoxy) is 1. The van der Waals surface area contributed by atoms with Crippen LogP contribution in [0.5, 0.6) is 0 Å². The molecule has 2 heterocycles. The highest BCUT2D eigenvalue weighted by Gasteiger charge is 2.46. The van der Waals surface area contributed by atoms with Crippen molar-refractivity contribution in [3.05, 3.63) is 0 Å². The van der Waals surface area contributed by atoms with E-state index >= 15 is 0 Å². The van der Waals surface area contributed by atoms with Crippen molar-refractivity contribution in [1.29, 1.82) is 0 Å². The molecule has 1 N–H and O–H groups in total. The summed E-state index contributed by atoms with van der Waals surface area (Å²) in [7, 11) is 0. The molecule has 92 valence electrons. The Kier molecular flexibility index (Phi) is 3.21. The van der Waals surface area contributed by atoms with Crippen LogP contribution in [-0.2, 0) is 4.74 Å². The highest BCUT2D eigenvalue weighted by Crippen LogP contribution is 2.47. The number of hydrogen-bond acceptors (Lipinski definition) is 2. The molecule has 2 aliphatic heterocycles. The van der Waals surface area contributed by atoms with Crippen LogP contribution in [0.4, 0.5) is 0 Å². The normalized spacial score (nSPS) is 35.6. The van der Waals surface area contributed by atoms with Crippen molar-refractivity contribution in [3.63, 3.8) is 0 Å². The van der Waals surface area contributed by atoms with Gasteiger partial charge >= 0.3 is 0 Å². The van der Waals surface area contributed by atoms with E-state index in [1.54, 1.807) is 0 Å². The van der Waals surface area contributed by atoms with Gasteiger partial charge in [0.2, 0.25) is 0 Å². The van der Waals surface area contributed by atoms with E-state index in [1.165, 1.54) is 58.0 Å². The monoisotopic (exact) mass is 223 g/mol. The third kappa shape index (κ3) is 1.91. The van der Waals surface area contributed by atoms with Gasteiger partial charge in [0.1, 0.15) is 0 Å². The zero-order chi connectivity index (χ0) is 10.8. The molecule has 1 saturated carbocycles.